The third-order valence-electron chi connectivity index (χ3n) is 3.94. The lowest BCUT2D eigenvalue weighted by molar-refractivity contribution is 0.166. The fourth-order valence-corrected chi connectivity index (χ4v) is 2.36. The number of amides is 2. The smallest absolute Gasteiger partial charge is 0.315 e. The predicted molar refractivity (Wildman–Crippen MR) is 74.7 cm³/mol. The van der Waals surface area contributed by atoms with Crippen molar-refractivity contribution in [3.05, 3.63) is 35.6 Å². The van der Waals surface area contributed by atoms with Crippen molar-refractivity contribution >= 4 is 6.03 Å². The van der Waals surface area contributed by atoms with Crippen molar-refractivity contribution in [1.29, 1.82) is 0 Å². The summed E-state index contributed by atoms with van der Waals surface area (Å²) >= 11 is 0. The number of rotatable bonds is 5. The van der Waals surface area contributed by atoms with Crippen LogP contribution in [0.5, 0.6) is 0 Å². The SMILES string of the molecule is CC(NC(=O)NCC(O)c1ccccc1F)C1CCC1. The van der Waals surface area contributed by atoms with Crippen LogP contribution in [0.2, 0.25) is 0 Å². The topological polar surface area (TPSA) is 61.4 Å². The zero-order valence-corrected chi connectivity index (χ0v) is 11.6. The van der Waals surface area contributed by atoms with E-state index in [-0.39, 0.29) is 24.2 Å². The van der Waals surface area contributed by atoms with E-state index in [1.807, 2.05) is 6.92 Å². The molecular formula is C15H21FN2O2. The minimum absolute atomic E-state index is 0.00977. The van der Waals surface area contributed by atoms with Crippen molar-refractivity contribution in [2.45, 2.75) is 38.3 Å². The van der Waals surface area contributed by atoms with Crippen LogP contribution in [0.15, 0.2) is 24.3 Å². The Morgan fingerprint density at radius 2 is 2.15 bits per heavy atom. The number of carbonyl (C=O) groups excluding carboxylic acids is 1. The van der Waals surface area contributed by atoms with Crippen LogP contribution < -0.4 is 10.6 Å². The molecule has 0 bridgehead atoms. The third-order valence-corrected chi connectivity index (χ3v) is 3.94. The lowest BCUT2D eigenvalue weighted by Gasteiger charge is -2.31. The van der Waals surface area contributed by atoms with E-state index in [1.54, 1.807) is 12.1 Å². The average Bonchev–Trinajstić information content (AvgIpc) is 2.34. The van der Waals surface area contributed by atoms with Gasteiger partial charge in [0.05, 0.1) is 6.10 Å². The Kier molecular flexibility index (Phi) is 4.95. The van der Waals surface area contributed by atoms with Crippen molar-refractivity contribution in [1.82, 2.24) is 10.6 Å². The van der Waals surface area contributed by atoms with E-state index < -0.39 is 11.9 Å². The maximum absolute atomic E-state index is 13.4. The summed E-state index contributed by atoms with van der Waals surface area (Å²) in [6.45, 7) is 1.97. The molecule has 2 amide bonds. The Morgan fingerprint density at radius 1 is 1.45 bits per heavy atom. The zero-order valence-electron chi connectivity index (χ0n) is 11.6. The van der Waals surface area contributed by atoms with Crippen molar-refractivity contribution in [2.75, 3.05) is 6.54 Å². The van der Waals surface area contributed by atoms with Crippen LogP contribution in [-0.4, -0.2) is 23.7 Å². The summed E-state index contributed by atoms with van der Waals surface area (Å²) < 4.78 is 13.4. The Morgan fingerprint density at radius 3 is 2.75 bits per heavy atom. The molecule has 0 saturated heterocycles. The van der Waals surface area contributed by atoms with E-state index >= 15 is 0 Å². The second kappa shape index (κ2) is 6.70. The number of aliphatic hydroxyl groups is 1. The van der Waals surface area contributed by atoms with Crippen LogP contribution in [0.1, 0.15) is 37.9 Å². The fraction of sp³-hybridized carbons (Fsp3) is 0.533. The van der Waals surface area contributed by atoms with Gasteiger partial charge in [-0.25, -0.2) is 9.18 Å². The number of hydrogen-bond donors (Lipinski definition) is 3. The normalized spacial score (nSPS) is 17.9. The molecule has 3 N–H and O–H groups in total. The molecule has 110 valence electrons. The first kappa shape index (κ1) is 14.8. The molecule has 2 unspecified atom stereocenters. The van der Waals surface area contributed by atoms with Gasteiger partial charge >= 0.3 is 6.03 Å². The summed E-state index contributed by atoms with van der Waals surface area (Å²) in [6.07, 6.45) is 2.49. The first-order chi connectivity index (χ1) is 9.58. The van der Waals surface area contributed by atoms with Gasteiger partial charge < -0.3 is 15.7 Å². The molecule has 2 atom stereocenters. The highest BCUT2D eigenvalue weighted by atomic mass is 19.1. The number of aliphatic hydroxyl groups excluding tert-OH is 1. The highest BCUT2D eigenvalue weighted by Gasteiger charge is 2.25. The molecule has 0 heterocycles. The average molecular weight is 280 g/mol. The lowest BCUT2D eigenvalue weighted by atomic mass is 9.80. The largest absolute Gasteiger partial charge is 0.386 e. The van der Waals surface area contributed by atoms with Gasteiger partial charge in [-0.15, -0.1) is 0 Å². The van der Waals surface area contributed by atoms with Gasteiger partial charge in [-0.3, -0.25) is 0 Å². The highest BCUT2D eigenvalue weighted by molar-refractivity contribution is 5.74. The van der Waals surface area contributed by atoms with Gasteiger partial charge in [0.1, 0.15) is 5.82 Å². The van der Waals surface area contributed by atoms with Gasteiger partial charge in [0.25, 0.3) is 0 Å². The number of urea groups is 1. The van der Waals surface area contributed by atoms with Gasteiger partial charge in [0.15, 0.2) is 0 Å². The molecule has 1 aromatic rings. The summed E-state index contributed by atoms with van der Waals surface area (Å²) in [4.78, 5) is 11.7. The van der Waals surface area contributed by atoms with Gasteiger partial charge in [-0.2, -0.15) is 0 Å². The van der Waals surface area contributed by atoms with Crippen LogP contribution in [-0.2, 0) is 0 Å². The monoisotopic (exact) mass is 280 g/mol. The molecule has 1 aliphatic rings. The number of hydrogen-bond acceptors (Lipinski definition) is 2. The second-order valence-corrected chi connectivity index (χ2v) is 5.37. The molecule has 1 aromatic carbocycles. The van der Waals surface area contributed by atoms with Crippen LogP contribution in [0.4, 0.5) is 9.18 Å². The number of nitrogens with one attached hydrogen (secondary N) is 2. The van der Waals surface area contributed by atoms with Gasteiger partial charge in [0.2, 0.25) is 0 Å². The molecule has 1 saturated carbocycles. The summed E-state index contributed by atoms with van der Waals surface area (Å²) in [5, 5.41) is 15.3. The number of halogens is 1. The Bertz CT molecular complexity index is 463. The van der Waals surface area contributed by atoms with Crippen LogP contribution >= 0.6 is 0 Å². The molecule has 0 spiro atoms. The first-order valence-corrected chi connectivity index (χ1v) is 7.04. The summed E-state index contributed by atoms with van der Waals surface area (Å²) in [7, 11) is 0. The molecule has 4 nitrogen and oxygen atoms in total. The van der Waals surface area contributed by atoms with Crippen molar-refractivity contribution in [3.8, 4) is 0 Å². The third kappa shape index (κ3) is 3.70. The Hall–Kier alpha value is -1.62. The number of benzene rings is 1. The second-order valence-electron chi connectivity index (χ2n) is 5.37. The molecule has 2 rings (SSSR count). The van der Waals surface area contributed by atoms with E-state index in [0.29, 0.717) is 5.92 Å². The fourth-order valence-electron chi connectivity index (χ4n) is 2.36. The minimum Gasteiger partial charge on any atom is -0.386 e. The molecule has 5 heteroatoms. The van der Waals surface area contributed by atoms with E-state index in [4.69, 9.17) is 0 Å². The summed E-state index contributed by atoms with van der Waals surface area (Å²) in [5.41, 5.74) is 0.194. The quantitative estimate of drug-likeness (QED) is 0.775. The maximum atomic E-state index is 13.4. The molecule has 1 fully saturated rings. The minimum atomic E-state index is -1.04. The van der Waals surface area contributed by atoms with E-state index in [0.717, 1.165) is 12.8 Å². The molecular weight excluding hydrogens is 259 g/mol. The summed E-state index contributed by atoms with van der Waals surface area (Å²) in [6, 6.07) is 5.83. The van der Waals surface area contributed by atoms with Crippen molar-refractivity contribution in [2.24, 2.45) is 5.92 Å². The summed E-state index contributed by atoms with van der Waals surface area (Å²) in [5.74, 6) is 0.0854. The van der Waals surface area contributed by atoms with Crippen molar-refractivity contribution in [3.63, 3.8) is 0 Å². The van der Waals surface area contributed by atoms with E-state index in [9.17, 15) is 14.3 Å². The highest BCUT2D eigenvalue weighted by Crippen LogP contribution is 2.29. The van der Waals surface area contributed by atoms with Crippen molar-refractivity contribution < 1.29 is 14.3 Å². The van der Waals surface area contributed by atoms with Gasteiger partial charge in [-0.05, 0) is 31.7 Å². The van der Waals surface area contributed by atoms with Gasteiger partial charge in [0, 0.05) is 18.2 Å². The predicted octanol–water partition coefficient (Wildman–Crippen LogP) is 2.35. The molecule has 0 aliphatic heterocycles. The molecule has 20 heavy (non-hydrogen) atoms. The van der Waals surface area contributed by atoms with Crippen LogP contribution in [0.25, 0.3) is 0 Å². The van der Waals surface area contributed by atoms with Gasteiger partial charge in [-0.1, -0.05) is 24.6 Å². The Labute approximate surface area is 118 Å². The van der Waals surface area contributed by atoms with Crippen LogP contribution in [0.3, 0.4) is 0 Å². The maximum Gasteiger partial charge on any atom is 0.315 e. The van der Waals surface area contributed by atoms with Crippen LogP contribution in [0, 0.1) is 11.7 Å². The Balaban J connectivity index is 1.76. The number of carbonyl (C=O) groups is 1. The molecule has 0 aromatic heterocycles. The van der Waals surface area contributed by atoms with E-state index in [1.165, 1.54) is 18.6 Å². The molecule has 1 aliphatic carbocycles. The lowest BCUT2D eigenvalue weighted by Crippen LogP contribution is -2.46. The van der Waals surface area contributed by atoms with E-state index in [2.05, 4.69) is 10.6 Å². The molecule has 0 radical (unpaired) electrons. The standard InChI is InChI=1S/C15H21FN2O2/c1-10(11-5-4-6-11)18-15(20)17-9-14(19)12-7-2-3-8-13(12)16/h2-3,7-8,10-11,14,19H,4-6,9H2,1H3,(H2,17,18,20). The zero-order chi connectivity index (χ0) is 14.5. The first-order valence-electron chi connectivity index (χ1n) is 7.04.